The summed E-state index contributed by atoms with van der Waals surface area (Å²) >= 11 is 0. The van der Waals surface area contributed by atoms with E-state index in [1.54, 1.807) is 23.1 Å². The van der Waals surface area contributed by atoms with Crippen LogP contribution in [0.15, 0.2) is 27.4 Å². The summed E-state index contributed by atoms with van der Waals surface area (Å²) in [7, 11) is 0. The number of benzene rings is 1. The van der Waals surface area contributed by atoms with E-state index in [2.05, 4.69) is 4.98 Å². The Hall–Kier alpha value is -2.57. The molecule has 1 aromatic heterocycles. The fourth-order valence-electron chi connectivity index (χ4n) is 3.01. The molecular weight excluding hydrogens is 310 g/mol. The predicted molar refractivity (Wildman–Crippen MR) is 88.8 cm³/mol. The standard InChI is InChI=1S/C17H21N3O4/c1-2-4-15(21)19-7-3-8-20(10-9-19)16(22)12-5-6-14-13(11-12)18-17(23)24-14/h5-6,11H,2-4,7-10H2,1H3,(H,18,23). The van der Waals surface area contributed by atoms with Gasteiger partial charge in [0.1, 0.15) is 0 Å². The summed E-state index contributed by atoms with van der Waals surface area (Å²) in [5.74, 6) is -0.470. The molecule has 0 unspecified atom stereocenters. The Morgan fingerprint density at radius 3 is 2.71 bits per heavy atom. The molecule has 2 aromatic rings. The van der Waals surface area contributed by atoms with Gasteiger partial charge in [0.2, 0.25) is 5.91 Å². The van der Waals surface area contributed by atoms with Gasteiger partial charge in [-0.3, -0.25) is 14.6 Å². The molecule has 1 fully saturated rings. The number of rotatable bonds is 3. The second-order valence-corrected chi connectivity index (χ2v) is 6.00. The Balaban J connectivity index is 1.72. The maximum Gasteiger partial charge on any atom is 0.417 e. The van der Waals surface area contributed by atoms with Crippen LogP contribution in [0.5, 0.6) is 0 Å². The summed E-state index contributed by atoms with van der Waals surface area (Å²) in [6.45, 7) is 4.39. The minimum atomic E-state index is -0.533. The first-order chi connectivity index (χ1) is 11.6. The summed E-state index contributed by atoms with van der Waals surface area (Å²) in [6, 6.07) is 4.91. The first kappa shape index (κ1) is 16.3. The predicted octanol–water partition coefficient (Wildman–Crippen LogP) is 1.60. The molecule has 0 saturated carbocycles. The van der Waals surface area contributed by atoms with E-state index in [-0.39, 0.29) is 11.8 Å². The molecule has 1 aliphatic heterocycles. The summed E-state index contributed by atoms with van der Waals surface area (Å²) in [5, 5.41) is 0. The van der Waals surface area contributed by atoms with Gasteiger partial charge in [-0.15, -0.1) is 0 Å². The minimum absolute atomic E-state index is 0.0938. The van der Waals surface area contributed by atoms with Gasteiger partial charge in [0.25, 0.3) is 5.91 Å². The zero-order valence-corrected chi connectivity index (χ0v) is 13.7. The Morgan fingerprint density at radius 2 is 1.92 bits per heavy atom. The van der Waals surface area contributed by atoms with Crippen molar-refractivity contribution >= 4 is 22.9 Å². The maximum absolute atomic E-state index is 12.7. The summed E-state index contributed by atoms with van der Waals surface area (Å²) < 4.78 is 4.95. The molecule has 24 heavy (non-hydrogen) atoms. The Kier molecular flexibility index (Phi) is 4.69. The van der Waals surface area contributed by atoms with Crippen molar-refractivity contribution in [3.63, 3.8) is 0 Å². The quantitative estimate of drug-likeness (QED) is 0.925. The molecule has 2 amide bonds. The molecule has 128 valence electrons. The highest BCUT2D eigenvalue weighted by molar-refractivity contribution is 5.97. The fourth-order valence-corrected chi connectivity index (χ4v) is 3.01. The van der Waals surface area contributed by atoms with E-state index < -0.39 is 5.76 Å². The number of aromatic nitrogens is 1. The van der Waals surface area contributed by atoms with Gasteiger partial charge in [-0.05, 0) is 31.0 Å². The van der Waals surface area contributed by atoms with Gasteiger partial charge >= 0.3 is 5.76 Å². The average Bonchev–Trinajstić information content (AvgIpc) is 2.78. The smallest absolute Gasteiger partial charge is 0.408 e. The van der Waals surface area contributed by atoms with Crippen molar-refractivity contribution in [1.82, 2.24) is 14.8 Å². The topological polar surface area (TPSA) is 86.6 Å². The van der Waals surface area contributed by atoms with Crippen molar-refractivity contribution in [1.29, 1.82) is 0 Å². The molecule has 0 bridgehead atoms. The molecule has 1 aromatic carbocycles. The van der Waals surface area contributed by atoms with Gasteiger partial charge < -0.3 is 14.2 Å². The van der Waals surface area contributed by atoms with E-state index in [0.717, 1.165) is 12.8 Å². The van der Waals surface area contributed by atoms with Crippen LogP contribution < -0.4 is 5.76 Å². The van der Waals surface area contributed by atoms with E-state index in [9.17, 15) is 14.4 Å². The maximum atomic E-state index is 12.7. The second-order valence-electron chi connectivity index (χ2n) is 6.00. The lowest BCUT2D eigenvalue weighted by Gasteiger charge is -2.22. The largest absolute Gasteiger partial charge is 0.417 e. The van der Waals surface area contributed by atoms with Gasteiger partial charge in [0, 0.05) is 38.2 Å². The molecule has 0 aliphatic carbocycles. The highest BCUT2D eigenvalue weighted by Gasteiger charge is 2.22. The number of oxazole rings is 1. The second kappa shape index (κ2) is 6.90. The Bertz CT molecular complexity index is 808. The molecule has 2 heterocycles. The van der Waals surface area contributed by atoms with E-state index in [1.165, 1.54) is 0 Å². The van der Waals surface area contributed by atoms with Crippen LogP contribution in [0.2, 0.25) is 0 Å². The molecule has 1 N–H and O–H groups in total. The number of carbonyl (C=O) groups excluding carboxylic acids is 2. The number of aromatic amines is 1. The number of carbonyl (C=O) groups is 2. The third-order valence-corrected chi connectivity index (χ3v) is 4.27. The number of nitrogens with zero attached hydrogens (tertiary/aromatic N) is 2. The number of hydrogen-bond acceptors (Lipinski definition) is 4. The van der Waals surface area contributed by atoms with E-state index in [1.807, 2.05) is 11.8 Å². The number of fused-ring (bicyclic) bond motifs is 1. The first-order valence-electron chi connectivity index (χ1n) is 8.28. The lowest BCUT2D eigenvalue weighted by Crippen LogP contribution is -2.37. The fraction of sp³-hybridized carbons (Fsp3) is 0.471. The van der Waals surface area contributed by atoms with Crippen LogP contribution >= 0.6 is 0 Å². The third kappa shape index (κ3) is 3.34. The summed E-state index contributed by atoms with van der Waals surface area (Å²) in [6.07, 6.45) is 2.16. The van der Waals surface area contributed by atoms with Crippen LogP contribution in [0, 0.1) is 0 Å². The highest BCUT2D eigenvalue weighted by atomic mass is 16.4. The highest BCUT2D eigenvalue weighted by Crippen LogP contribution is 2.15. The zero-order valence-electron chi connectivity index (χ0n) is 13.7. The van der Waals surface area contributed by atoms with Crippen LogP contribution in [-0.2, 0) is 4.79 Å². The van der Waals surface area contributed by atoms with E-state index in [4.69, 9.17) is 4.42 Å². The van der Waals surface area contributed by atoms with E-state index >= 15 is 0 Å². The van der Waals surface area contributed by atoms with Crippen LogP contribution in [0.25, 0.3) is 11.1 Å². The summed E-state index contributed by atoms with van der Waals surface area (Å²) in [5.41, 5.74) is 1.46. The van der Waals surface area contributed by atoms with Gasteiger partial charge in [-0.2, -0.15) is 0 Å². The van der Waals surface area contributed by atoms with Gasteiger partial charge in [-0.25, -0.2) is 4.79 Å². The number of H-pyrrole nitrogens is 1. The monoisotopic (exact) mass is 331 g/mol. The summed E-state index contributed by atoms with van der Waals surface area (Å²) in [4.78, 5) is 42.1. The molecule has 0 spiro atoms. The molecule has 0 atom stereocenters. The third-order valence-electron chi connectivity index (χ3n) is 4.27. The minimum Gasteiger partial charge on any atom is -0.408 e. The van der Waals surface area contributed by atoms with Crippen molar-refractivity contribution in [3.05, 3.63) is 34.3 Å². The molecule has 0 radical (unpaired) electrons. The average molecular weight is 331 g/mol. The first-order valence-corrected chi connectivity index (χ1v) is 8.28. The van der Waals surface area contributed by atoms with Crippen molar-refractivity contribution in [2.24, 2.45) is 0 Å². The van der Waals surface area contributed by atoms with Crippen molar-refractivity contribution < 1.29 is 14.0 Å². The normalized spacial score (nSPS) is 15.5. The van der Waals surface area contributed by atoms with E-state index in [0.29, 0.717) is 49.3 Å². The van der Waals surface area contributed by atoms with Gasteiger partial charge in [-0.1, -0.05) is 6.92 Å². The molecule has 7 nitrogen and oxygen atoms in total. The van der Waals surface area contributed by atoms with Crippen molar-refractivity contribution in [2.45, 2.75) is 26.2 Å². The lowest BCUT2D eigenvalue weighted by atomic mass is 10.1. The number of nitrogens with one attached hydrogen (secondary N) is 1. The van der Waals surface area contributed by atoms with Gasteiger partial charge in [0.05, 0.1) is 5.52 Å². The van der Waals surface area contributed by atoms with Gasteiger partial charge in [0.15, 0.2) is 5.58 Å². The van der Waals surface area contributed by atoms with Crippen LogP contribution in [0.4, 0.5) is 0 Å². The van der Waals surface area contributed by atoms with Crippen LogP contribution in [-0.4, -0.2) is 52.8 Å². The zero-order chi connectivity index (χ0) is 17.1. The SMILES string of the molecule is CCCC(=O)N1CCCN(C(=O)c2ccc3oc(=O)[nH]c3c2)CC1. The molecule has 7 heteroatoms. The lowest BCUT2D eigenvalue weighted by molar-refractivity contribution is -0.131. The van der Waals surface area contributed by atoms with Crippen molar-refractivity contribution in [3.8, 4) is 0 Å². The Labute approximate surface area is 139 Å². The molecule has 3 rings (SSSR count). The number of amides is 2. The molecule has 1 aliphatic rings. The molecular formula is C17H21N3O4. The molecule has 1 saturated heterocycles. The Morgan fingerprint density at radius 1 is 1.17 bits per heavy atom. The van der Waals surface area contributed by atoms with Crippen molar-refractivity contribution in [2.75, 3.05) is 26.2 Å². The van der Waals surface area contributed by atoms with Crippen LogP contribution in [0.3, 0.4) is 0 Å². The number of hydrogen-bond donors (Lipinski definition) is 1. The van der Waals surface area contributed by atoms with Crippen LogP contribution in [0.1, 0.15) is 36.5 Å².